The van der Waals surface area contributed by atoms with Gasteiger partial charge in [-0.1, -0.05) is 18.2 Å². The molecule has 0 atom stereocenters. The summed E-state index contributed by atoms with van der Waals surface area (Å²) in [5, 5.41) is 4.02. The minimum absolute atomic E-state index is 0.543. The Morgan fingerprint density at radius 3 is 2.50 bits per heavy atom. The Morgan fingerprint density at radius 1 is 0.967 bits per heavy atom. The smallest absolute Gasteiger partial charge is 0.204 e. The molecule has 4 rings (SSSR count). The number of nitrogens with one attached hydrogen (secondary N) is 1. The Bertz CT molecular complexity index is 1190. The SMILES string of the molecule is COc1cc2nc(C=Nc3cccnc3Nc3ccccc3)sc2c(OC)c1OC. The summed E-state index contributed by atoms with van der Waals surface area (Å²) >= 11 is 1.46. The highest BCUT2D eigenvalue weighted by Gasteiger charge is 2.19. The Balaban J connectivity index is 1.68. The van der Waals surface area contributed by atoms with Gasteiger partial charge in [0.2, 0.25) is 5.75 Å². The summed E-state index contributed by atoms with van der Waals surface area (Å²) in [5.74, 6) is 2.37. The first-order valence-corrected chi connectivity index (χ1v) is 9.95. The highest BCUT2D eigenvalue weighted by Crippen LogP contribution is 2.45. The van der Waals surface area contributed by atoms with Gasteiger partial charge < -0.3 is 19.5 Å². The zero-order chi connectivity index (χ0) is 20.9. The number of aliphatic imine (C=N–C) groups is 1. The van der Waals surface area contributed by atoms with E-state index in [1.807, 2.05) is 48.5 Å². The van der Waals surface area contributed by atoms with Crippen molar-refractivity contribution in [1.82, 2.24) is 9.97 Å². The third kappa shape index (κ3) is 3.90. The van der Waals surface area contributed by atoms with Crippen LogP contribution in [0.25, 0.3) is 10.2 Å². The maximum Gasteiger partial charge on any atom is 0.204 e. The number of anilines is 2. The monoisotopic (exact) mass is 420 g/mol. The van der Waals surface area contributed by atoms with E-state index in [9.17, 15) is 0 Å². The molecule has 30 heavy (non-hydrogen) atoms. The van der Waals surface area contributed by atoms with E-state index in [4.69, 9.17) is 14.2 Å². The molecule has 2 aromatic heterocycles. The van der Waals surface area contributed by atoms with Crippen LogP contribution in [-0.4, -0.2) is 37.5 Å². The molecule has 0 amide bonds. The van der Waals surface area contributed by atoms with Gasteiger partial charge >= 0.3 is 0 Å². The second-order valence-corrected chi connectivity index (χ2v) is 7.20. The normalized spacial score (nSPS) is 11.0. The van der Waals surface area contributed by atoms with Crippen LogP contribution in [0.2, 0.25) is 0 Å². The largest absolute Gasteiger partial charge is 0.493 e. The molecule has 0 saturated carbocycles. The van der Waals surface area contributed by atoms with E-state index in [2.05, 4.69) is 20.3 Å². The van der Waals surface area contributed by atoms with Crippen LogP contribution in [0.5, 0.6) is 17.2 Å². The number of thiazole rings is 1. The molecule has 152 valence electrons. The molecule has 0 spiro atoms. The maximum absolute atomic E-state index is 5.55. The molecule has 1 N–H and O–H groups in total. The second kappa shape index (κ2) is 8.79. The van der Waals surface area contributed by atoms with E-state index in [0.717, 1.165) is 20.9 Å². The Morgan fingerprint density at radius 2 is 1.77 bits per heavy atom. The van der Waals surface area contributed by atoms with Gasteiger partial charge in [-0.3, -0.25) is 0 Å². The Labute approximate surface area is 178 Å². The second-order valence-electron chi connectivity index (χ2n) is 6.17. The molecule has 0 saturated heterocycles. The number of benzene rings is 2. The fourth-order valence-corrected chi connectivity index (χ4v) is 3.92. The predicted octanol–water partition coefficient (Wildman–Crippen LogP) is 5.21. The molecular formula is C22H20N4O3S. The topological polar surface area (TPSA) is 77.9 Å². The zero-order valence-corrected chi connectivity index (χ0v) is 17.6. The first-order chi connectivity index (χ1) is 14.7. The summed E-state index contributed by atoms with van der Waals surface area (Å²) in [5.41, 5.74) is 2.41. The lowest BCUT2D eigenvalue weighted by Crippen LogP contribution is -1.94. The van der Waals surface area contributed by atoms with Gasteiger partial charge in [-0.25, -0.2) is 15.0 Å². The van der Waals surface area contributed by atoms with Crippen LogP contribution >= 0.6 is 11.3 Å². The summed E-state index contributed by atoms with van der Waals surface area (Å²) in [6.45, 7) is 0. The van der Waals surface area contributed by atoms with E-state index >= 15 is 0 Å². The number of pyridine rings is 1. The van der Waals surface area contributed by atoms with Gasteiger partial charge in [-0.15, -0.1) is 11.3 Å². The van der Waals surface area contributed by atoms with Gasteiger partial charge in [0.1, 0.15) is 15.4 Å². The van der Waals surface area contributed by atoms with Gasteiger partial charge in [-0.2, -0.15) is 0 Å². The van der Waals surface area contributed by atoms with Crippen LogP contribution in [0, 0.1) is 0 Å². The summed E-state index contributed by atoms with van der Waals surface area (Å²) in [4.78, 5) is 13.7. The van der Waals surface area contributed by atoms with Gasteiger partial charge in [0.05, 0.1) is 33.1 Å². The molecule has 0 unspecified atom stereocenters. The molecule has 0 fully saturated rings. The first kappa shape index (κ1) is 19.7. The van der Waals surface area contributed by atoms with Gasteiger partial charge in [0, 0.05) is 18.0 Å². The van der Waals surface area contributed by atoms with E-state index < -0.39 is 0 Å². The third-order valence-electron chi connectivity index (χ3n) is 4.34. The molecule has 7 nitrogen and oxygen atoms in total. The van der Waals surface area contributed by atoms with Crippen molar-refractivity contribution in [3.8, 4) is 17.2 Å². The van der Waals surface area contributed by atoms with E-state index in [1.165, 1.54) is 11.3 Å². The third-order valence-corrected chi connectivity index (χ3v) is 5.34. The molecule has 4 aromatic rings. The van der Waals surface area contributed by atoms with Crippen molar-refractivity contribution < 1.29 is 14.2 Å². The van der Waals surface area contributed by atoms with Crippen molar-refractivity contribution in [3.05, 3.63) is 59.7 Å². The predicted molar refractivity (Wildman–Crippen MR) is 120 cm³/mol. The average molecular weight is 420 g/mol. The quantitative estimate of drug-likeness (QED) is 0.414. The molecular weight excluding hydrogens is 400 g/mol. The van der Waals surface area contributed by atoms with Gasteiger partial charge in [-0.05, 0) is 24.3 Å². The lowest BCUT2D eigenvalue weighted by Gasteiger charge is -2.11. The van der Waals surface area contributed by atoms with Crippen LogP contribution in [0.3, 0.4) is 0 Å². The lowest BCUT2D eigenvalue weighted by molar-refractivity contribution is 0.327. The average Bonchev–Trinajstić information content (AvgIpc) is 3.20. The number of hydrogen-bond donors (Lipinski definition) is 1. The van der Waals surface area contributed by atoms with Gasteiger partial charge in [0.15, 0.2) is 17.3 Å². The van der Waals surface area contributed by atoms with Crippen LogP contribution in [0.15, 0.2) is 59.7 Å². The number of methoxy groups -OCH3 is 3. The molecule has 2 aromatic carbocycles. The standard InChI is InChI=1S/C22H20N4O3S/c1-27-17-12-16-21(20(29-3)19(17)28-2)30-18(26-16)13-24-15-10-7-11-23-22(15)25-14-8-5-4-6-9-14/h4-13H,1-3H3,(H,23,25). The molecule has 8 heteroatoms. The summed E-state index contributed by atoms with van der Waals surface area (Å²) < 4.78 is 17.3. The summed E-state index contributed by atoms with van der Waals surface area (Å²) in [6, 6.07) is 15.4. The molecule has 0 aliphatic heterocycles. The highest BCUT2D eigenvalue weighted by atomic mass is 32.1. The number of nitrogens with zero attached hydrogens (tertiary/aromatic N) is 3. The Kier molecular flexibility index (Phi) is 5.76. The molecule has 2 heterocycles. The van der Waals surface area contributed by atoms with Crippen LogP contribution in [0.1, 0.15) is 5.01 Å². The minimum atomic E-state index is 0.543. The number of rotatable bonds is 7. The zero-order valence-electron chi connectivity index (χ0n) is 16.7. The number of fused-ring (bicyclic) bond motifs is 1. The van der Waals surface area contributed by atoms with Crippen LogP contribution in [-0.2, 0) is 0 Å². The van der Waals surface area contributed by atoms with Crippen LogP contribution < -0.4 is 19.5 Å². The van der Waals surface area contributed by atoms with Crippen LogP contribution in [0.4, 0.5) is 17.2 Å². The van der Waals surface area contributed by atoms with Crippen molar-refractivity contribution in [2.45, 2.75) is 0 Å². The van der Waals surface area contributed by atoms with E-state index in [-0.39, 0.29) is 0 Å². The molecule has 0 aliphatic rings. The first-order valence-electron chi connectivity index (χ1n) is 9.14. The van der Waals surface area contributed by atoms with Crippen molar-refractivity contribution in [3.63, 3.8) is 0 Å². The van der Waals surface area contributed by atoms with Gasteiger partial charge in [0.25, 0.3) is 0 Å². The number of aromatic nitrogens is 2. The molecule has 0 bridgehead atoms. The van der Waals surface area contributed by atoms with E-state index in [1.54, 1.807) is 33.7 Å². The summed E-state index contributed by atoms with van der Waals surface area (Å²) in [7, 11) is 4.77. The van der Waals surface area contributed by atoms with Crippen molar-refractivity contribution >= 4 is 45.0 Å². The van der Waals surface area contributed by atoms with Crippen molar-refractivity contribution in [1.29, 1.82) is 0 Å². The summed E-state index contributed by atoms with van der Waals surface area (Å²) in [6.07, 6.45) is 3.45. The fraction of sp³-hybridized carbons (Fsp3) is 0.136. The van der Waals surface area contributed by atoms with E-state index in [0.29, 0.717) is 28.8 Å². The lowest BCUT2D eigenvalue weighted by atomic mass is 10.2. The molecule has 0 radical (unpaired) electrons. The number of para-hydroxylation sites is 1. The maximum atomic E-state index is 5.55. The minimum Gasteiger partial charge on any atom is -0.493 e. The fourth-order valence-electron chi connectivity index (χ4n) is 2.98. The highest BCUT2D eigenvalue weighted by molar-refractivity contribution is 7.20. The Hall–Kier alpha value is -3.65. The number of hydrogen-bond acceptors (Lipinski definition) is 8. The number of ether oxygens (including phenoxy) is 3. The van der Waals surface area contributed by atoms with Crippen molar-refractivity contribution in [2.75, 3.05) is 26.6 Å². The molecule has 0 aliphatic carbocycles. The van der Waals surface area contributed by atoms with Crippen molar-refractivity contribution in [2.24, 2.45) is 4.99 Å².